The molecule has 3 aromatic heterocycles. The Morgan fingerprint density at radius 2 is 1.64 bits per heavy atom. The summed E-state index contributed by atoms with van der Waals surface area (Å²) in [6, 6.07) is 0. The highest BCUT2D eigenvalue weighted by Crippen LogP contribution is 2.42. The first-order valence-corrected chi connectivity index (χ1v) is 15.4. The lowest BCUT2D eigenvalue weighted by Crippen LogP contribution is -2.16. The van der Waals surface area contributed by atoms with E-state index in [0.29, 0.717) is 6.42 Å². The summed E-state index contributed by atoms with van der Waals surface area (Å²) in [6.07, 6.45) is 10.2. The van der Waals surface area contributed by atoms with Crippen molar-refractivity contribution in [3.05, 3.63) is 84.8 Å². The molecule has 0 unspecified atom stereocenters. The maximum Gasteiger partial charge on any atom is 0.305 e. The van der Waals surface area contributed by atoms with E-state index < -0.39 is 0 Å². The zero-order valence-electron chi connectivity index (χ0n) is 27.1. The Morgan fingerprint density at radius 3 is 2.30 bits per heavy atom. The van der Waals surface area contributed by atoms with E-state index >= 15 is 0 Å². The Morgan fingerprint density at radius 1 is 0.932 bits per heavy atom. The van der Waals surface area contributed by atoms with E-state index in [0.717, 1.165) is 79.1 Å². The number of methoxy groups -OCH3 is 1. The highest BCUT2D eigenvalue weighted by atomic mass is 16.5. The summed E-state index contributed by atoms with van der Waals surface area (Å²) in [7, 11) is 1.42. The van der Waals surface area contributed by atoms with Crippen molar-refractivity contribution in [1.29, 1.82) is 0 Å². The van der Waals surface area contributed by atoms with E-state index in [4.69, 9.17) is 9.47 Å². The van der Waals surface area contributed by atoms with E-state index in [1.54, 1.807) is 0 Å². The maximum absolute atomic E-state index is 12.3. The molecule has 3 aromatic rings. The summed E-state index contributed by atoms with van der Waals surface area (Å²) in [6.45, 7) is 18.5. The van der Waals surface area contributed by atoms with Gasteiger partial charge in [-0.2, -0.15) is 0 Å². The second kappa shape index (κ2) is 12.3. The third kappa shape index (κ3) is 5.49. The second-order valence-corrected chi connectivity index (χ2v) is 12.0. The standard InChI is InChI=1S/C36H44N4O4/c1-10-24-20(5)29-14-31-22(7)26(12-13-34(42)43-9)36(40-31)27(17-44-23(8)41)35-19(4)18(3)28(39-35)15-32-25(11-2)21(6)30(38-32)16-33(24)37-29/h10,14-16,22,26,37-40H,1,11-13,17H2,2-9H3/t22-,26-/m0/s1. The number of aromatic nitrogens is 3. The van der Waals surface area contributed by atoms with Crippen LogP contribution in [0.15, 0.2) is 18.0 Å². The van der Waals surface area contributed by atoms with Gasteiger partial charge >= 0.3 is 11.9 Å². The summed E-state index contributed by atoms with van der Waals surface area (Å²) < 4.78 is 10.7. The van der Waals surface area contributed by atoms with Gasteiger partial charge in [-0.15, -0.1) is 0 Å². The van der Waals surface area contributed by atoms with Crippen molar-refractivity contribution in [2.75, 3.05) is 13.7 Å². The highest BCUT2D eigenvalue weighted by Gasteiger charge is 2.36. The molecular weight excluding hydrogens is 552 g/mol. The van der Waals surface area contributed by atoms with Crippen LogP contribution >= 0.6 is 0 Å². The van der Waals surface area contributed by atoms with Crippen molar-refractivity contribution in [3.63, 3.8) is 0 Å². The van der Waals surface area contributed by atoms with Gasteiger partial charge in [0.15, 0.2) is 0 Å². The van der Waals surface area contributed by atoms with Crippen LogP contribution in [0.5, 0.6) is 0 Å². The Bertz CT molecular complexity index is 1840. The van der Waals surface area contributed by atoms with Crippen molar-refractivity contribution < 1.29 is 19.1 Å². The predicted octanol–water partition coefficient (Wildman–Crippen LogP) is 5.20. The van der Waals surface area contributed by atoms with Crippen LogP contribution in [-0.4, -0.2) is 40.6 Å². The van der Waals surface area contributed by atoms with Crippen LogP contribution in [0.25, 0.3) is 29.9 Å². The smallest absolute Gasteiger partial charge is 0.305 e. The average Bonchev–Trinajstić information content (AvgIpc) is 3.65. The topological polar surface area (TPSA) is 112 Å². The lowest BCUT2D eigenvalue weighted by Gasteiger charge is -2.19. The molecule has 8 bridgehead atoms. The molecule has 1 fully saturated rings. The van der Waals surface area contributed by atoms with Gasteiger partial charge in [-0.3, -0.25) is 9.59 Å². The van der Waals surface area contributed by atoms with Crippen molar-refractivity contribution in [1.82, 2.24) is 20.3 Å². The molecule has 2 aliphatic heterocycles. The number of ether oxygens (including phenoxy) is 2. The molecule has 0 aliphatic carbocycles. The number of rotatable bonds is 7. The van der Waals surface area contributed by atoms with E-state index in [1.807, 2.05) is 6.08 Å². The van der Waals surface area contributed by atoms with Crippen molar-refractivity contribution in [2.45, 2.75) is 67.7 Å². The number of H-pyrrole nitrogens is 3. The van der Waals surface area contributed by atoms with Gasteiger partial charge in [-0.05, 0) is 86.6 Å². The molecule has 4 N–H and O–H groups in total. The molecule has 44 heavy (non-hydrogen) atoms. The number of fused-ring (bicyclic) bond motifs is 8. The number of hydrogen-bond donors (Lipinski definition) is 4. The lowest BCUT2D eigenvalue weighted by molar-refractivity contribution is -0.141. The van der Waals surface area contributed by atoms with Gasteiger partial charge in [0.25, 0.3) is 0 Å². The molecule has 5 heterocycles. The van der Waals surface area contributed by atoms with Crippen LogP contribution in [-0.2, 0) is 25.5 Å². The van der Waals surface area contributed by atoms with Crippen LogP contribution < -0.4 is 16.0 Å². The molecule has 2 atom stereocenters. The number of aromatic amines is 3. The number of hydrogen-bond acceptors (Lipinski definition) is 5. The molecule has 8 nitrogen and oxygen atoms in total. The number of esters is 2. The third-order valence-corrected chi connectivity index (χ3v) is 9.53. The van der Waals surface area contributed by atoms with Crippen molar-refractivity contribution in [2.24, 2.45) is 11.8 Å². The third-order valence-electron chi connectivity index (χ3n) is 9.53. The van der Waals surface area contributed by atoms with E-state index in [9.17, 15) is 9.59 Å². The lowest BCUT2D eigenvalue weighted by atomic mass is 9.86. The fraction of sp³-hybridized carbons (Fsp3) is 0.389. The first kappa shape index (κ1) is 31.0. The molecule has 0 amide bonds. The monoisotopic (exact) mass is 596 g/mol. The summed E-state index contributed by atoms with van der Waals surface area (Å²) in [5.74, 6) is -0.573. The first-order chi connectivity index (χ1) is 21.0. The molecule has 0 saturated carbocycles. The minimum Gasteiger partial charge on any atom is -0.469 e. The SMILES string of the molecule is C=Cc1c2[nH]c(c1C)C=C1NC(=C(COC(C)=O)c3[nH]c(c(C)c3C)C=c3[nH]c(c(C)c3CC)=C2)[C@@H](CCC(=O)OC)[C@@H]1C. The van der Waals surface area contributed by atoms with Crippen molar-refractivity contribution in [3.8, 4) is 0 Å². The molecule has 0 spiro atoms. The first-order valence-electron chi connectivity index (χ1n) is 15.4. The molecule has 2 aliphatic rings. The zero-order chi connectivity index (χ0) is 31.9. The van der Waals surface area contributed by atoms with Crippen LogP contribution in [0, 0.1) is 39.5 Å². The largest absolute Gasteiger partial charge is 0.469 e. The van der Waals surface area contributed by atoms with Gasteiger partial charge in [0.1, 0.15) is 6.61 Å². The summed E-state index contributed by atoms with van der Waals surface area (Å²) in [5.41, 5.74) is 13.6. The molecule has 8 heteroatoms. The van der Waals surface area contributed by atoms with Gasteiger partial charge in [0.05, 0.1) is 12.8 Å². The molecule has 1 saturated heterocycles. The second-order valence-electron chi connectivity index (χ2n) is 12.0. The Balaban J connectivity index is 1.86. The maximum atomic E-state index is 12.3. The van der Waals surface area contributed by atoms with Gasteiger partial charge < -0.3 is 29.7 Å². The average molecular weight is 597 g/mol. The van der Waals surface area contributed by atoms with Crippen molar-refractivity contribution >= 4 is 41.8 Å². The fourth-order valence-electron chi connectivity index (χ4n) is 6.70. The van der Waals surface area contributed by atoms with E-state index in [2.05, 4.69) is 86.6 Å². The van der Waals surface area contributed by atoms with Gasteiger partial charge in [0.2, 0.25) is 0 Å². The summed E-state index contributed by atoms with van der Waals surface area (Å²) in [5, 5.41) is 5.84. The molecule has 0 radical (unpaired) electrons. The van der Waals surface area contributed by atoms with E-state index in [1.165, 1.54) is 25.2 Å². The van der Waals surface area contributed by atoms with Crippen LogP contribution in [0.2, 0.25) is 0 Å². The Hall–Kier alpha value is -4.46. The number of carbonyl (C=O) groups is 2. The van der Waals surface area contributed by atoms with Gasteiger partial charge in [-0.1, -0.05) is 26.5 Å². The predicted molar refractivity (Wildman–Crippen MR) is 176 cm³/mol. The van der Waals surface area contributed by atoms with Gasteiger partial charge in [0, 0.05) is 75.5 Å². The fourth-order valence-corrected chi connectivity index (χ4v) is 6.70. The van der Waals surface area contributed by atoms with Gasteiger partial charge in [-0.25, -0.2) is 0 Å². The zero-order valence-corrected chi connectivity index (χ0v) is 27.1. The molecule has 0 aromatic carbocycles. The molecule has 5 rings (SSSR count). The Labute approximate surface area is 259 Å². The van der Waals surface area contributed by atoms with Crippen LogP contribution in [0.3, 0.4) is 0 Å². The summed E-state index contributed by atoms with van der Waals surface area (Å²) >= 11 is 0. The Kier molecular flexibility index (Phi) is 8.64. The van der Waals surface area contributed by atoms with E-state index in [-0.39, 0.29) is 36.8 Å². The minimum absolute atomic E-state index is 0.0305. The van der Waals surface area contributed by atoms with Crippen LogP contribution in [0.4, 0.5) is 0 Å². The number of carbonyl (C=O) groups excluding carboxylic acids is 2. The molecule has 232 valence electrons. The summed E-state index contributed by atoms with van der Waals surface area (Å²) in [4.78, 5) is 35.4. The number of nitrogens with one attached hydrogen (secondary N) is 4. The normalized spacial score (nSPS) is 17.4. The quantitative estimate of drug-likeness (QED) is 0.280. The van der Waals surface area contributed by atoms with Crippen LogP contribution in [0.1, 0.15) is 89.8 Å². The molecular formula is C36H44N4O4. The number of allylic oxidation sites excluding steroid dienone is 2. The minimum atomic E-state index is -0.351. The highest BCUT2D eigenvalue weighted by molar-refractivity contribution is 5.78.